The molecule has 2 N–H and O–H groups in total. The SMILES string of the molecule is CCCN(CC(=O)O)c1ccc(C(=O)Nc2ccccc2)nn1. The van der Waals surface area contributed by atoms with Gasteiger partial charge in [0.05, 0.1) is 0 Å². The highest BCUT2D eigenvalue weighted by molar-refractivity contribution is 6.02. The van der Waals surface area contributed by atoms with Gasteiger partial charge in [0, 0.05) is 12.2 Å². The second-order valence-corrected chi connectivity index (χ2v) is 4.91. The molecule has 23 heavy (non-hydrogen) atoms. The van der Waals surface area contributed by atoms with E-state index in [1.807, 2.05) is 25.1 Å². The van der Waals surface area contributed by atoms with E-state index in [0.717, 1.165) is 6.42 Å². The van der Waals surface area contributed by atoms with Crippen molar-refractivity contribution in [3.63, 3.8) is 0 Å². The molecule has 120 valence electrons. The zero-order valence-electron chi connectivity index (χ0n) is 12.8. The third kappa shape index (κ3) is 4.77. The predicted molar refractivity (Wildman–Crippen MR) is 86.6 cm³/mol. The Morgan fingerprint density at radius 3 is 2.43 bits per heavy atom. The normalized spacial score (nSPS) is 10.1. The summed E-state index contributed by atoms with van der Waals surface area (Å²) in [6.45, 7) is 2.35. The van der Waals surface area contributed by atoms with Crippen molar-refractivity contribution in [2.24, 2.45) is 0 Å². The quantitative estimate of drug-likeness (QED) is 0.812. The molecule has 1 heterocycles. The third-order valence-electron chi connectivity index (χ3n) is 3.06. The smallest absolute Gasteiger partial charge is 0.323 e. The molecule has 0 saturated heterocycles. The van der Waals surface area contributed by atoms with Crippen LogP contribution in [0, 0.1) is 0 Å². The number of carbonyl (C=O) groups is 2. The number of aromatic nitrogens is 2. The first-order valence-electron chi connectivity index (χ1n) is 7.27. The molecule has 7 heteroatoms. The van der Waals surface area contributed by atoms with E-state index in [2.05, 4.69) is 15.5 Å². The Labute approximate surface area is 134 Å². The molecule has 0 radical (unpaired) electrons. The average Bonchev–Trinajstić information content (AvgIpc) is 2.55. The molecule has 0 spiro atoms. The van der Waals surface area contributed by atoms with Crippen LogP contribution in [0.1, 0.15) is 23.8 Å². The van der Waals surface area contributed by atoms with Gasteiger partial charge < -0.3 is 15.3 Å². The number of rotatable bonds is 7. The molecular formula is C16H18N4O3. The van der Waals surface area contributed by atoms with Gasteiger partial charge in [0.25, 0.3) is 5.91 Å². The molecule has 0 aliphatic carbocycles. The maximum absolute atomic E-state index is 12.1. The number of amides is 1. The van der Waals surface area contributed by atoms with E-state index in [9.17, 15) is 9.59 Å². The summed E-state index contributed by atoms with van der Waals surface area (Å²) >= 11 is 0. The standard InChI is InChI=1S/C16H18N4O3/c1-2-10-20(11-15(21)22)14-9-8-13(18-19-14)16(23)17-12-6-4-3-5-7-12/h3-9H,2,10-11H2,1H3,(H,17,23)(H,21,22). The van der Waals surface area contributed by atoms with Gasteiger partial charge in [-0.25, -0.2) is 0 Å². The minimum Gasteiger partial charge on any atom is -0.480 e. The van der Waals surface area contributed by atoms with Crippen LogP contribution in [-0.2, 0) is 4.79 Å². The molecule has 0 unspecified atom stereocenters. The molecule has 2 rings (SSSR count). The van der Waals surface area contributed by atoms with E-state index in [4.69, 9.17) is 5.11 Å². The number of benzene rings is 1. The van der Waals surface area contributed by atoms with Crippen molar-refractivity contribution in [3.8, 4) is 0 Å². The summed E-state index contributed by atoms with van der Waals surface area (Å²) in [6, 6.07) is 12.2. The molecule has 0 bridgehead atoms. The summed E-state index contributed by atoms with van der Waals surface area (Å²) in [4.78, 5) is 24.6. The number of aliphatic carboxylic acids is 1. The minimum absolute atomic E-state index is 0.155. The molecule has 1 amide bonds. The van der Waals surface area contributed by atoms with Crippen LogP contribution >= 0.6 is 0 Å². The summed E-state index contributed by atoms with van der Waals surface area (Å²) in [7, 11) is 0. The van der Waals surface area contributed by atoms with E-state index in [-0.39, 0.29) is 18.1 Å². The molecule has 2 aromatic rings. The summed E-state index contributed by atoms with van der Waals surface area (Å²) in [6.07, 6.45) is 0.783. The van der Waals surface area contributed by atoms with Crippen molar-refractivity contribution in [3.05, 3.63) is 48.2 Å². The van der Waals surface area contributed by atoms with E-state index in [0.29, 0.717) is 18.1 Å². The minimum atomic E-state index is -0.939. The first-order valence-corrected chi connectivity index (χ1v) is 7.27. The van der Waals surface area contributed by atoms with Crippen molar-refractivity contribution in [2.75, 3.05) is 23.3 Å². The van der Waals surface area contributed by atoms with Gasteiger partial charge in [0.15, 0.2) is 11.5 Å². The summed E-state index contributed by atoms with van der Waals surface area (Å²) in [5, 5.41) is 19.5. The van der Waals surface area contributed by atoms with E-state index < -0.39 is 5.97 Å². The lowest BCUT2D eigenvalue weighted by Gasteiger charge is -2.20. The number of carbonyl (C=O) groups excluding carboxylic acids is 1. The van der Waals surface area contributed by atoms with Crippen LogP contribution in [0.15, 0.2) is 42.5 Å². The lowest BCUT2D eigenvalue weighted by molar-refractivity contribution is -0.135. The largest absolute Gasteiger partial charge is 0.480 e. The van der Waals surface area contributed by atoms with Crippen LogP contribution in [-0.4, -0.2) is 40.3 Å². The molecule has 1 aromatic carbocycles. The maximum atomic E-state index is 12.1. The number of carboxylic acids is 1. The lowest BCUT2D eigenvalue weighted by atomic mass is 10.3. The van der Waals surface area contributed by atoms with Crippen LogP contribution in [0.4, 0.5) is 11.5 Å². The fourth-order valence-electron chi connectivity index (χ4n) is 2.04. The monoisotopic (exact) mass is 314 g/mol. The average molecular weight is 314 g/mol. The van der Waals surface area contributed by atoms with Crippen LogP contribution in [0.2, 0.25) is 0 Å². The fourth-order valence-corrected chi connectivity index (χ4v) is 2.04. The van der Waals surface area contributed by atoms with Crippen LogP contribution in [0.25, 0.3) is 0 Å². The number of nitrogens with one attached hydrogen (secondary N) is 1. The van der Waals surface area contributed by atoms with Gasteiger partial charge in [0.2, 0.25) is 0 Å². The summed E-state index contributed by atoms with van der Waals surface area (Å²) in [5.74, 6) is -0.868. The van der Waals surface area contributed by atoms with Gasteiger partial charge in [-0.2, -0.15) is 0 Å². The van der Waals surface area contributed by atoms with E-state index in [1.54, 1.807) is 23.1 Å². The van der Waals surface area contributed by atoms with Gasteiger partial charge >= 0.3 is 5.97 Å². The molecule has 0 atom stereocenters. The van der Waals surface area contributed by atoms with Crippen molar-refractivity contribution in [1.82, 2.24) is 10.2 Å². The first-order chi connectivity index (χ1) is 11.1. The first kappa shape index (κ1) is 16.4. The highest BCUT2D eigenvalue weighted by atomic mass is 16.4. The molecule has 0 fully saturated rings. The molecule has 1 aromatic heterocycles. The Hall–Kier alpha value is -2.96. The Morgan fingerprint density at radius 2 is 1.87 bits per heavy atom. The summed E-state index contributed by atoms with van der Waals surface area (Å²) in [5.41, 5.74) is 0.839. The topological polar surface area (TPSA) is 95.4 Å². The molecular weight excluding hydrogens is 296 g/mol. The Morgan fingerprint density at radius 1 is 1.13 bits per heavy atom. The summed E-state index contributed by atoms with van der Waals surface area (Å²) < 4.78 is 0. The highest BCUT2D eigenvalue weighted by Crippen LogP contribution is 2.12. The number of anilines is 2. The van der Waals surface area contributed by atoms with Gasteiger partial charge in [-0.05, 0) is 30.7 Å². The van der Waals surface area contributed by atoms with Gasteiger partial charge in [-0.3, -0.25) is 9.59 Å². The van der Waals surface area contributed by atoms with E-state index >= 15 is 0 Å². The van der Waals surface area contributed by atoms with Crippen LogP contribution < -0.4 is 10.2 Å². The van der Waals surface area contributed by atoms with Crippen molar-refractivity contribution in [1.29, 1.82) is 0 Å². The molecule has 0 aliphatic rings. The maximum Gasteiger partial charge on any atom is 0.323 e. The Bertz CT molecular complexity index is 659. The lowest BCUT2D eigenvalue weighted by Crippen LogP contribution is -2.31. The third-order valence-corrected chi connectivity index (χ3v) is 3.06. The van der Waals surface area contributed by atoms with Gasteiger partial charge in [-0.1, -0.05) is 25.1 Å². The van der Waals surface area contributed by atoms with Crippen molar-refractivity contribution in [2.45, 2.75) is 13.3 Å². The van der Waals surface area contributed by atoms with Gasteiger partial charge in [0.1, 0.15) is 6.54 Å². The second kappa shape index (κ2) is 7.88. The fraction of sp³-hybridized carbons (Fsp3) is 0.250. The zero-order chi connectivity index (χ0) is 16.7. The Kier molecular flexibility index (Phi) is 5.62. The number of para-hydroxylation sites is 1. The second-order valence-electron chi connectivity index (χ2n) is 4.91. The Balaban J connectivity index is 2.08. The highest BCUT2D eigenvalue weighted by Gasteiger charge is 2.14. The predicted octanol–water partition coefficient (Wildman–Crippen LogP) is 2.03. The van der Waals surface area contributed by atoms with Crippen molar-refractivity contribution >= 4 is 23.4 Å². The molecule has 7 nitrogen and oxygen atoms in total. The number of carboxylic acid groups (broad SMARTS) is 1. The zero-order valence-corrected chi connectivity index (χ0v) is 12.8. The van der Waals surface area contributed by atoms with E-state index in [1.165, 1.54) is 6.07 Å². The molecule has 0 aliphatic heterocycles. The number of nitrogens with zero attached hydrogens (tertiary/aromatic N) is 3. The van der Waals surface area contributed by atoms with Crippen LogP contribution in [0.3, 0.4) is 0 Å². The number of hydrogen-bond acceptors (Lipinski definition) is 5. The van der Waals surface area contributed by atoms with Crippen LogP contribution in [0.5, 0.6) is 0 Å². The number of hydrogen-bond donors (Lipinski definition) is 2. The van der Waals surface area contributed by atoms with Crippen molar-refractivity contribution < 1.29 is 14.7 Å². The van der Waals surface area contributed by atoms with Gasteiger partial charge in [-0.15, -0.1) is 10.2 Å². The molecule has 0 saturated carbocycles.